The highest BCUT2D eigenvalue weighted by molar-refractivity contribution is 7.90. The van der Waals surface area contributed by atoms with Crippen LogP contribution in [0.3, 0.4) is 0 Å². The zero-order valence-electron chi connectivity index (χ0n) is 24.3. The molecule has 1 aromatic heterocycles. The maximum absolute atomic E-state index is 14.7. The van der Waals surface area contributed by atoms with Gasteiger partial charge in [0.2, 0.25) is 0 Å². The van der Waals surface area contributed by atoms with Crippen LogP contribution >= 0.6 is 0 Å². The summed E-state index contributed by atoms with van der Waals surface area (Å²) in [4.78, 5) is 1.72. The van der Waals surface area contributed by atoms with Crippen molar-refractivity contribution in [3.63, 3.8) is 0 Å². The Balaban J connectivity index is 1.62. The van der Waals surface area contributed by atoms with E-state index in [2.05, 4.69) is 22.5 Å². The molecule has 0 spiro atoms. The maximum Gasteiger partial charge on any atom is 0.406 e. The topological polar surface area (TPSA) is 75.6 Å². The minimum absolute atomic E-state index is 0.0740. The molecule has 1 aliphatic rings. The van der Waals surface area contributed by atoms with Crippen LogP contribution in [0.5, 0.6) is 5.75 Å². The van der Waals surface area contributed by atoms with E-state index in [-0.39, 0.29) is 40.6 Å². The van der Waals surface area contributed by atoms with Gasteiger partial charge in [-0.3, -0.25) is 0 Å². The molecule has 2 aromatic carbocycles. The molecule has 0 bridgehead atoms. The van der Waals surface area contributed by atoms with Crippen LogP contribution in [0.4, 0.5) is 28.9 Å². The summed E-state index contributed by atoms with van der Waals surface area (Å²) >= 11 is 0. The number of fused-ring (bicyclic) bond motifs is 1. The van der Waals surface area contributed by atoms with Crippen molar-refractivity contribution in [1.82, 2.24) is 9.47 Å². The molecule has 0 radical (unpaired) electrons. The molecule has 2 N–H and O–H groups in total. The monoisotopic (exact) mass is 569 g/mol. The number of halogens is 4. The van der Waals surface area contributed by atoms with Crippen molar-refractivity contribution in [2.24, 2.45) is 0 Å². The lowest BCUT2D eigenvalue weighted by atomic mass is 10.0. The molecule has 2 atom stereocenters. The van der Waals surface area contributed by atoms with Crippen molar-refractivity contribution in [2.45, 2.75) is 36.3 Å². The Labute approximate surface area is 229 Å². The minimum atomic E-state index is -4.54. The number of ether oxygens (including phenoxy) is 1. The van der Waals surface area contributed by atoms with E-state index in [1.807, 2.05) is 11.9 Å². The number of nitrogens with one attached hydrogen (secondary N) is 2. The Kier molecular flexibility index (Phi) is 7.16. The van der Waals surface area contributed by atoms with Gasteiger partial charge < -0.3 is 24.8 Å². The molecule has 0 amide bonds. The van der Waals surface area contributed by atoms with Crippen molar-refractivity contribution in [1.29, 1.82) is 0 Å². The van der Waals surface area contributed by atoms with Gasteiger partial charge in [0.25, 0.3) is 0 Å². The Morgan fingerprint density at radius 3 is 2.69 bits per heavy atom. The van der Waals surface area contributed by atoms with Gasteiger partial charge in [-0.15, -0.1) is 0 Å². The quantitative estimate of drug-likeness (QED) is 0.322. The van der Waals surface area contributed by atoms with Crippen molar-refractivity contribution in [3.8, 4) is 17.6 Å². The van der Waals surface area contributed by atoms with Gasteiger partial charge >= 0.3 is 6.18 Å². The molecular formula is C27H30F4N4O3S. The number of aromatic nitrogens is 1. The van der Waals surface area contributed by atoms with E-state index >= 15 is 0 Å². The number of rotatable bonds is 7. The first-order valence-electron chi connectivity index (χ1n) is 13.5. The van der Waals surface area contributed by atoms with Gasteiger partial charge in [0.15, 0.2) is 9.84 Å². The molecule has 2 heterocycles. The van der Waals surface area contributed by atoms with Crippen molar-refractivity contribution in [3.05, 3.63) is 48.2 Å². The molecule has 1 fully saturated rings. The number of hydrogen-bond donors (Lipinski definition) is 2. The first-order valence-corrected chi connectivity index (χ1v) is 13.9. The molecule has 0 saturated carbocycles. The summed E-state index contributed by atoms with van der Waals surface area (Å²) < 4.78 is 107. The van der Waals surface area contributed by atoms with Gasteiger partial charge in [0, 0.05) is 36.5 Å². The Morgan fingerprint density at radius 2 is 2.00 bits per heavy atom. The largest absolute Gasteiger partial charge is 0.495 e. The number of anilines is 2. The summed E-state index contributed by atoms with van der Waals surface area (Å²) in [5.41, 5.74) is 0.992. The predicted octanol–water partition coefficient (Wildman–Crippen LogP) is 4.53. The Hall–Kier alpha value is -3.43. The standard InChI is InChI=1S/C27H30F4N4O3S/c1-34-13-11-23(21(28)16-34)33-22-7-4-8-25-20(22)14-18(35(25)17-27(29,30)31)6-5-12-32-24-10-9-19(39(3,36)37)15-26(24)38-2/h4,7-10,14-15,21,23,32-33H,11-13,16-17H2,1-3H3/t21-,23+/m0/s1/i2D3. The lowest BCUT2D eigenvalue weighted by molar-refractivity contribution is -0.140. The minimum Gasteiger partial charge on any atom is -0.495 e. The summed E-state index contributed by atoms with van der Waals surface area (Å²) in [6.45, 7) is -0.486. The number of sulfone groups is 1. The fourth-order valence-electron chi connectivity index (χ4n) is 4.52. The number of hydrogen-bond acceptors (Lipinski definition) is 6. The van der Waals surface area contributed by atoms with E-state index in [1.165, 1.54) is 18.2 Å². The van der Waals surface area contributed by atoms with Crippen LogP contribution in [0.1, 0.15) is 16.2 Å². The second-order valence-electron chi connectivity index (χ2n) is 9.47. The van der Waals surface area contributed by atoms with Crippen molar-refractivity contribution < 1.29 is 34.8 Å². The SMILES string of the molecule is [2H]C([2H])([2H])Oc1cc(S(C)(=O)=O)ccc1NCC#Cc1cc2c(N[C@@H]3CCN(C)C[C@@H]3F)cccc2n1CC(F)(F)F. The van der Waals surface area contributed by atoms with Gasteiger partial charge in [-0.05, 0) is 49.7 Å². The highest BCUT2D eigenvalue weighted by atomic mass is 32.2. The zero-order chi connectivity index (χ0) is 30.9. The first kappa shape index (κ1) is 24.6. The molecule has 1 aliphatic heterocycles. The fourth-order valence-corrected chi connectivity index (χ4v) is 5.16. The summed E-state index contributed by atoms with van der Waals surface area (Å²) in [5, 5.41) is 6.46. The van der Waals surface area contributed by atoms with E-state index in [0.29, 0.717) is 24.0 Å². The molecule has 7 nitrogen and oxygen atoms in total. The van der Waals surface area contributed by atoms with Crippen molar-refractivity contribution in [2.75, 3.05) is 50.6 Å². The molecule has 39 heavy (non-hydrogen) atoms. The third-order valence-electron chi connectivity index (χ3n) is 6.44. The van der Waals surface area contributed by atoms with Crippen LogP contribution in [-0.4, -0.2) is 76.3 Å². The number of likely N-dealkylation sites (tertiary alicyclic amines) is 1. The van der Waals surface area contributed by atoms with E-state index in [9.17, 15) is 26.0 Å². The van der Waals surface area contributed by atoms with Gasteiger partial charge in [-0.1, -0.05) is 12.0 Å². The van der Waals surface area contributed by atoms with E-state index in [1.54, 1.807) is 18.2 Å². The Bertz CT molecular complexity index is 1610. The summed E-state index contributed by atoms with van der Waals surface area (Å²) in [6.07, 6.45) is -4.18. The van der Waals surface area contributed by atoms with Gasteiger partial charge in [0.1, 0.15) is 18.5 Å². The van der Waals surface area contributed by atoms with Gasteiger partial charge in [-0.2, -0.15) is 13.2 Å². The average Bonchev–Trinajstić information content (AvgIpc) is 3.19. The third kappa shape index (κ3) is 6.96. The third-order valence-corrected chi connectivity index (χ3v) is 7.55. The average molecular weight is 570 g/mol. The second kappa shape index (κ2) is 11.4. The van der Waals surface area contributed by atoms with Gasteiger partial charge in [0.05, 0.1) is 45.5 Å². The molecule has 0 unspecified atom stereocenters. The molecular weight excluding hydrogens is 536 g/mol. The number of methoxy groups -OCH3 is 1. The smallest absolute Gasteiger partial charge is 0.406 e. The Morgan fingerprint density at radius 1 is 1.21 bits per heavy atom. The highest BCUT2D eigenvalue weighted by Crippen LogP contribution is 2.32. The van der Waals surface area contributed by atoms with Crippen LogP contribution in [-0.2, 0) is 16.4 Å². The van der Waals surface area contributed by atoms with E-state index in [4.69, 9.17) is 8.85 Å². The molecule has 210 valence electrons. The van der Waals surface area contributed by atoms with Crippen LogP contribution in [0.25, 0.3) is 10.9 Å². The molecule has 0 aliphatic carbocycles. The summed E-state index contributed by atoms with van der Waals surface area (Å²) in [6, 6.07) is 9.51. The van der Waals surface area contributed by atoms with Crippen LogP contribution in [0.15, 0.2) is 47.4 Å². The van der Waals surface area contributed by atoms with E-state index in [0.717, 1.165) is 16.9 Å². The lowest BCUT2D eigenvalue weighted by Crippen LogP contribution is -2.46. The number of alkyl halides is 4. The second-order valence-corrected chi connectivity index (χ2v) is 11.5. The molecule has 1 saturated heterocycles. The normalized spacial score (nSPS) is 19.9. The highest BCUT2D eigenvalue weighted by Gasteiger charge is 2.31. The van der Waals surface area contributed by atoms with E-state index < -0.39 is 41.8 Å². The van der Waals surface area contributed by atoms with Crippen LogP contribution < -0.4 is 15.4 Å². The van der Waals surface area contributed by atoms with Crippen LogP contribution in [0.2, 0.25) is 0 Å². The maximum atomic E-state index is 14.7. The summed E-state index contributed by atoms with van der Waals surface area (Å²) in [5.74, 6) is 5.23. The molecule has 3 aromatic rings. The number of piperidine rings is 1. The fraction of sp³-hybridized carbons (Fsp3) is 0.407. The molecule has 4 rings (SSSR count). The van der Waals surface area contributed by atoms with Crippen molar-refractivity contribution >= 4 is 32.1 Å². The predicted molar refractivity (Wildman–Crippen MR) is 144 cm³/mol. The lowest BCUT2D eigenvalue weighted by Gasteiger charge is -2.33. The zero-order valence-corrected chi connectivity index (χ0v) is 22.1. The summed E-state index contributed by atoms with van der Waals surface area (Å²) in [7, 11) is -4.69. The first-order chi connectivity index (χ1) is 19.5. The number of nitrogens with zero attached hydrogens (tertiary/aromatic N) is 2. The van der Waals surface area contributed by atoms with Crippen LogP contribution in [0, 0.1) is 11.8 Å². The number of benzene rings is 2. The van der Waals surface area contributed by atoms with Gasteiger partial charge in [-0.25, -0.2) is 12.8 Å². The molecule has 12 heteroatoms.